The molecule has 0 radical (unpaired) electrons. The molecule has 0 fully saturated rings. The summed E-state index contributed by atoms with van der Waals surface area (Å²) in [6, 6.07) is 1.47. The number of hydrogen-bond donors (Lipinski definition) is 2. The van der Waals surface area contributed by atoms with Crippen LogP contribution < -0.4 is 5.73 Å². The summed E-state index contributed by atoms with van der Waals surface area (Å²) in [6.07, 6.45) is 1.50. The van der Waals surface area contributed by atoms with Crippen LogP contribution in [0.4, 0.5) is 5.69 Å². The summed E-state index contributed by atoms with van der Waals surface area (Å²) >= 11 is 1.92. The van der Waals surface area contributed by atoms with Gasteiger partial charge in [-0.25, -0.2) is 4.98 Å². The maximum Gasteiger partial charge on any atom is 0.149 e. The highest BCUT2D eigenvalue weighted by atomic mass is 127. The molecule has 0 amide bonds. The van der Waals surface area contributed by atoms with E-state index in [2.05, 4.69) is 4.98 Å². The standard InChI is InChI=1S/C5H5IN2O/c6-5-4(9)1-3(7)2-8-5/h1-2,9H,7H2. The molecule has 0 aliphatic heterocycles. The zero-order chi connectivity index (χ0) is 6.85. The lowest BCUT2D eigenvalue weighted by Gasteiger charge is -1.94. The molecule has 0 aliphatic rings. The van der Waals surface area contributed by atoms with Crippen molar-refractivity contribution in [2.75, 3.05) is 5.73 Å². The van der Waals surface area contributed by atoms with E-state index in [1.54, 1.807) is 0 Å². The fourth-order valence-corrected chi connectivity index (χ4v) is 0.747. The number of nitrogens with two attached hydrogens (primary N) is 1. The van der Waals surface area contributed by atoms with Gasteiger partial charge in [0.1, 0.15) is 9.45 Å². The molecule has 0 saturated heterocycles. The van der Waals surface area contributed by atoms with Crippen molar-refractivity contribution < 1.29 is 5.11 Å². The van der Waals surface area contributed by atoms with Crippen molar-refractivity contribution in [3.8, 4) is 5.75 Å². The molecular weight excluding hydrogens is 231 g/mol. The van der Waals surface area contributed by atoms with Crippen molar-refractivity contribution in [1.29, 1.82) is 0 Å². The molecule has 9 heavy (non-hydrogen) atoms. The van der Waals surface area contributed by atoms with Crippen LogP contribution in [0.5, 0.6) is 5.75 Å². The van der Waals surface area contributed by atoms with Crippen LogP contribution >= 0.6 is 22.6 Å². The van der Waals surface area contributed by atoms with Crippen molar-refractivity contribution in [1.82, 2.24) is 4.98 Å². The minimum Gasteiger partial charge on any atom is -0.505 e. The van der Waals surface area contributed by atoms with Gasteiger partial charge in [-0.15, -0.1) is 0 Å². The van der Waals surface area contributed by atoms with E-state index >= 15 is 0 Å². The molecule has 0 unspecified atom stereocenters. The third-order valence-electron chi connectivity index (χ3n) is 0.842. The van der Waals surface area contributed by atoms with E-state index in [4.69, 9.17) is 10.8 Å². The smallest absolute Gasteiger partial charge is 0.149 e. The molecule has 0 saturated carbocycles. The number of hydrogen-bond acceptors (Lipinski definition) is 3. The third-order valence-corrected chi connectivity index (χ3v) is 1.67. The first-order valence-corrected chi connectivity index (χ1v) is 3.38. The largest absolute Gasteiger partial charge is 0.505 e. The average Bonchev–Trinajstić information content (AvgIpc) is 1.80. The Morgan fingerprint density at radius 2 is 2.33 bits per heavy atom. The molecule has 0 spiro atoms. The molecule has 3 N–H and O–H groups in total. The monoisotopic (exact) mass is 236 g/mol. The Morgan fingerprint density at radius 1 is 1.67 bits per heavy atom. The van der Waals surface area contributed by atoms with Gasteiger partial charge >= 0.3 is 0 Å². The van der Waals surface area contributed by atoms with Gasteiger partial charge in [-0.3, -0.25) is 0 Å². The summed E-state index contributed by atoms with van der Waals surface area (Å²) in [5, 5.41) is 8.95. The minimum absolute atomic E-state index is 0.135. The highest BCUT2D eigenvalue weighted by Gasteiger charge is 1.95. The molecule has 1 heterocycles. The number of nitrogens with zero attached hydrogens (tertiary/aromatic N) is 1. The summed E-state index contributed by atoms with van der Waals surface area (Å²) in [5.41, 5.74) is 5.78. The predicted octanol–water partition coefficient (Wildman–Crippen LogP) is 0.974. The van der Waals surface area contributed by atoms with Crippen LogP contribution in [0.25, 0.3) is 0 Å². The maximum absolute atomic E-state index is 8.95. The van der Waals surface area contributed by atoms with E-state index < -0.39 is 0 Å². The molecule has 4 heteroatoms. The SMILES string of the molecule is Nc1cnc(I)c(O)c1. The molecule has 0 bridgehead atoms. The van der Waals surface area contributed by atoms with Crippen LogP contribution in [-0.4, -0.2) is 10.1 Å². The van der Waals surface area contributed by atoms with Gasteiger partial charge in [0.2, 0.25) is 0 Å². The molecule has 0 atom stereocenters. The van der Waals surface area contributed by atoms with Crippen molar-refractivity contribution in [2.45, 2.75) is 0 Å². The van der Waals surface area contributed by atoms with E-state index in [-0.39, 0.29) is 5.75 Å². The van der Waals surface area contributed by atoms with Gasteiger partial charge in [-0.1, -0.05) is 0 Å². The first-order valence-electron chi connectivity index (χ1n) is 2.30. The van der Waals surface area contributed by atoms with E-state index in [1.807, 2.05) is 22.6 Å². The summed E-state index contributed by atoms with van der Waals surface area (Å²) in [6.45, 7) is 0. The number of aromatic hydroxyl groups is 1. The Bertz CT molecular complexity index is 226. The Morgan fingerprint density at radius 3 is 2.78 bits per heavy atom. The minimum atomic E-state index is 0.135. The van der Waals surface area contributed by atoms with Crippen LogP contribution in [0.2, 0.25) is 0 Å². The quantitative estimate of drug-likeness (QED) is 0.521. The third kappa shape index (κ3) is 1.44. The van der Waals surface area contributed by atoms with Crippen molar-refractivity contribution >= 4 is 28.3 Å². The topological polar surface area (TPSA) is 59.1 Å². The lowest BCUT2D eigenvalue weighted by molar-refractivity contribution is 0.468. The van der Waals surface area contributed by atoms with Gasteiger partial charge in [-0.2, -0.15) is 0 Å². The fraction of sp³-hybridized carbons (Fsp3) is 0. The maximum atomic E-state index is 8.95. The van der Waals surface area contributed by atoms with Crippen molar-refractivity contribution in [3.63, 3.8) is 0 Å². The number of pyridine rings is 1. The van der Waals surface area contributed by atoms with Gasteiger partial charge < -0.3 is 10.8 Å². The van der Waals surface area contributed by atoms with Gasteiger partial charge in [0.05, 0.1) is 11.9 Å². The Hall–Kier alpha value is -0.520. The molecule has 48 valence electrons. The van der Waals surface area contributed by atoms with Crippen molar-refractivity contribution in [2.24, 2.45) is 0 Å². The average molecular weight is 236 g/mol. The number of anilines is 1. The van der Waals surface area contributed by atoms with Crippen LogP contribution in [0.15, 0.2) is 12.3 Å². The molecule has 0 aromatic carbocycles. The first kappa shape index (κ1) is 6.60. The Balaban J connectivity index is 3.17. The molecule has 1 aromatic rings. The van der Waals surface area contributed by atoms with Gasteiger partial charge in [0.25, 0.3) is 0 Å². The second-order valence-electron chi connectivity index (χ2n) is 1.58. The number of rotatable bonds is 0. The number of aromatic nitrogens is 1. The van der Waals surface area contributed by atoms with Crippen LogP contribution in [-0.2, 0) is 0 Å². The van der Waals surface area contributed by atoms with Gasteiger partial charge in [0.15, 0.2) is 0 Å². The predicted molar refractivity (Wildman–Crippen MR) is 43.0 cm³/mol. The van der Waals surface area contributed by atoms with Crippen LogP contribution in [0.3, 0.4) is 0 Å². The lowest BCUT2D eigenvalue weighted by atomic mass is 10.4. The molecule has 0 aliphatic carbocycles. The molecule has 1 aromatic heterocycles. The van der Waals surface area contributed by atoms with Crippen molar-refractivity contribution in [3.05, 3.63) is 16.0 Å². The summed E-state index contributed by atoms with van der Waals surface area (Å²) < 4.78 is 0.571. The Labute approximate surface area is 66.0 Å². The summed E-state index contributed by atoms with van der Waals surface area (Å²) in [7, 11) is 0. The lowest BCUT2D eigenvalue weighted by Crippen LogP contribution is -1.87. The highest BCUT2D eigenvalue weighted by molar-refractivity contribution is 14.1. The van der Waals surface area contributed by atoms with E-state index in [0.717, 1.165) is 0 Å². The molecule has 3 nitrogen and oxygen atoms in total. The summed E-state index contributed by atoms with van der Waals surface area (Å²) in [4.78, 5) is 3.79. The van der Waals surface area contributed by atoms with Crippen LogP contribution in [0, 0.1) is 3.70 Å². The highest BCUT2D eigenvalue weighted by Crippen LogP contribution is 2.17. The zero-order valence-electron chi connectivity index (χ0n) is 4.50. The normalized spacial score (nSPS) is 9.44. The zero-order valence-corrected chi connectivity index (χ0v) is 6.66. The number of halogens is 1. The van der Waals surface area contributed by atoms with Gasteiger partial charge in [0, 0.05) is 6.07 Å². The number of nitrogen functional groups attached to an aromatic ring is 1. The second kappa shape index (κ2) is 2.38. The summed E-state index contributed by atoms with van der Waals surface area (Å²) in [5.74, 6) is 0.135. The first-order chi connectivity index (χ1) is 4.20. The van der Waals surface area contributed by atoms with E-state index in [1.165, 1.54) is 12.3 Å². The second-order valence-corrected chi connectivity index (χ2v) is 2.60. The molecule has 1 rings (SSSR count). The Kier molecular flexibility index (Phi) is 1.75. The molecular formula is C5H5IN2O. The fourth-order valence-electron chi connectivity index (χ4n) is 0.452. The van der Waals surface area contributed by atoms with Crippen LogP contribution in [0.1, 0.15) is 0 Å². The van der Waals surface area contributed by atoms with E-state index in [9.17, 15) is 0 Å². The van der Waals surface area contributed by atoms with E-state index in [0.29, 0.717) is 9.39 Å². The van der Waals surface area contributed by atoms with Gasteiger partial charge in [-0.05, 0) is 22.6 Å².